The molecule has 0 aliphatic rings. The number of carboxylic acid groups (broad SMARTS) is 1. The molecule has 0 aliphatic heterocycles. The van der Waals surface area contributed by atoms with Crippen LogP contribution in [0.3, 0.4) is 0 Å². The van der Waals surface area contributed by atoms with E-state index in [1.807, 2.05) is 47.8 Å². The Labute approximate surface area is 222 Å². The first-order valence-electron chi connectivity index (χ1n) is 12.3. The molecule has 1 aromatic heterocycles. The second-order valence-electron chi connectivity index (χ2n) is 9.86. The molecule has 0 saturated carbocycles. The highest BCUT2D eigenvalue weighted by Gasteiger charge is 2.29. The summed E-state index contributed by atoms with van der Waals surface area (Å²) >= 11 is 1.66. The fourth-order valence-corrected chi connectivity index (χ4v) is 4.84. The Morgan fingerprint density at radius 1 is 1.05 bits per heavy atom. The Balaban J connectivity index is 1.78. The average molecular weight is 522 g/mol. The predicted molar refractivity (Wildman–Crippen MR) is 149 cm³/mol. The van der Waals surface area contributed by atoms with E-state index in [1.165, 1.54) is 15.9 Å². The maximum absolute atomic E-state index is 13.6. The third-order valence-electron chi connectivity index (χ3n) is 6.33. The SMILES string of the molecule is CN(CCc1cccs1)C(=O)[C@@H](Cc1ccc2ccccc2c1)N(C)C(=O)/C=C/CC(C)(C)NC(=O)O. The van der Waals surface area contributed by atoms with Crippen molar-refractivity contribution in [1.82, 2.24) is 15.1 Å². The third-order valence-corrected chi connectivity index (χ3v) is 7.26. The number of carbonyl (C=O) groups is 3. The van der Waals surface area contributed by atoms with Crippen LogP contribution in [0.25, 0.3) is 10.8 Å². The van der Waals surface area contributed by atoms with E-state index in [9.17, 15) is 14.4 Å². The van der Waals surface area contributed by atoms with Gasteiger partial charge in [-0.05, 0) is 60.5 Å². The van der Waals surface area contributed by atoms with Crippen LogP contribution < -0.4 is 5.32 Å². The van der Waals surface area contributed by atoms with Crippen molar-refractivity contribution in [3.63, 3.8) is 0 Å². The molecule has 196 valence electrons. The Hall–Kier alpha value is -3.65. The summed E-state index contributed by atoms with van der Waals surface area (Å²) in [5.41, 5.74) is 0.253. The fourth-order valence-electron chi connectivity index (χ4n) is 4.14. The maximum atomic E-state index is 13.6. The summed E-state index contributed by atoms with van der Waals surface area (Å²) in [6.45, 7) is 4.04. The number of amides is 3. The lowest BCUT2D eigenvalue weighted by molar-refractivity contribution is -0.141. The molecule has 7 nitrogen and oxygen atoms in total. The molecule has 0 bridgehead atoms. The number of benzene rings is 2. The van der Waals surface area contributed by atoms with Crippen LogP contribution in [0, 0.1) is 0 Å². The first-order valence-corrected chi connectivity index (χ1v) is 13.1. The molecule has 3 aromatic rings. The van der Waals surface area contributed by atoms with Gasteiger partial charge in [-0.15, -0.1) is 11.3 Å². The van der Waals surface area contributed by atoms with E-state index in [1.54, 1.807) is 50.3 Å². The van der Waals surface area contributed by atoms with Crippen LogP contribution in [0.5, 0.6) is 0 Å². The minimum atomic E-state index is -1.12. The number of fused-ring (bicyclic) bond motifs is 1. The fraction of sp³-hybridized carbons (Fsp3) is 0.345. The van der Waals surface area contributed by atoms with Gasteiger partial charge in [0.2, 0.25) is 11.8 Å². The number of nitrogens with zero attached hydrogens (tertiary/aromatic N) is 2. The van der Waals surface area contributed by atoms with Gasteiger partial charge >= 0.3 is 6.09 Å². The molecule has 0 saturated heterocycles. The van der Waals surface area contributed by atoms with Crippen molar-refractivity contribution < 1.29 is 19.5 Å². The van der Waals surface area contributed by atoms with Gasteiger partial charge in [-0.25, -0.2) is 4.79 Å². The minimum Gasteiger partial charge on any atom is -0.465 e. The van der Waals surface area contributed by atoms with Crippen molar-refractivity contribution in [3.8, 4) is 0 Å². The number of rotatable bonds is 11. The summed E-state index contributed by atoms with van der Waals surface area (Å²) in [6.07, 6.45) is 3.42. The van der Waals surface area contributed by atoms with Crippen molar-refractivity contribution >= 4 is 40.0 Å². The van der Waals surface area contributed by atoms with Crippen LogP contribution in [-0.2, 0) is 22.4 Å². The normalized spacial score (nSPS) is 12.4. The topological polar surface area (TPSA) is 90.0 Å². The van der Waals surface area contributed by atoms with E-state index >= 15 is 0 Å². The average Bonchev–Trinajstić information content (AvgIpc) is 3.37. The van der Waals surface area contributed by atoms with Gasteiger partial charge in [0.15, 0.2) is 0 Å². The Morgan fingerprint density at radius 2 is 1.78 bits per heavy atom. The first-order chi connectivity index (χ1) is 17.6. The Kier molecular flexibility index (Phi) is 9.47. The molecule has 37 heavy (non-hydrogen) atoms. The van der Waals surface area contributed by atoms with Gasteiger partial charge in [-0.2, -0.15) is 0 Å². The molecule has 1 atom stereocenters. The molecule has 0 fully saturated rings. The van der Waals surface area contributed by atoms with Gasteiger partial charge in [0.25, 0.3) is 0 Å². The summed E-state index contributed by atoms with van der Waals surface area (Å²) in [5, 5.41) is 15.6. The second kappa shape index (κ2) is 12.5. The van der Waals surface area contributed by atoms with Crippen molar-refractivity contribution in [2.45, 2.75) is 44.7 Å². The number of nitrogens with one attached hydrogen (secondary N) is 1. The molecule has 8 heteroatoms. The van der Waals surface area contributed by atoms with E-state index in [4.69, 9.17) is 5.11 Å². The molecule has 2 aromatic carbocycles. The van der Waals surface area contributed by atoms with E-state index in [0.29, 0.717) is 19.4 Å². The van der Waals surface area contributed by atoms with Crippen molar-refractivity contribution in [2.75, 3.05) is 20.6 Å². The van der Waals surface area contributed by atoms with E-state index < -0.39 is 17.7 Å². The highest BCUT2D eigenvalue weighted by molar-refractivity contribution is 7.09. The van der Waals surface area contributed by atoms with Gasteiger partial charge in [0.05, 0.1) is 0 Å². The highest BCUT2D eigenvalue weighted by atomic mass is 32.1. The Bertz CT molecular complexity index is 1250. The van der Waals surface area contributed by atoms with Gasteiger partial charge in [0, 0.05) is 37.5 Å². The smallest absolute Gasteiger partial charge is 0.405 e. The van der Waals surface area contributed by atoms with Crippen molar-refractivity contribution in [1.29, 1.82) is 0 Å². The lowest BCUT2D eigenvalue weighted by atomic mass is 9.99. The second-order valence-corrected chi connectivity index (χ2v) is 10.9. The maximum Gasteiger partial charge on any atom is 0.405 e. The van der Waals surface area contributed by atoms with Gasteiger partial charge in [0.1, 0.15) is 6.04 Å². The van der Waals surface area contributed by atoms with Crippen molar-refractivity contribution in [2.24, 2.45) is 0 Å². The van der Waals surface area contributed by atoms with Crippen LogP contribution in [-0.4, -0.2) is 65.0 Å². The van der Waals surface area contributed by atoms with E-state index in [2.05, 4.69) is 17.4 Å². The summed E-state index contributed by atoms with van der Waals surface area (Å²) < 4.78 is 0. The lowest BCUT2D eigenvalue weighted by Crippen LogP contribution is -2.49. The van der Waals surface area contributed by atoms with Crippen LogP contribution >= 0.6 is 11.3 Å². The molecule has 3 rings (SSSR count). The summed E-state index contributed by atoms with van der Waals surface area (Å²) in [6, 6.07) is 17.5. The molecule has 0 unspecified atom stereocenters. The monoisotopic (exact) mass is 521 g/mol. The van der Waals surface area contributed by atoms with Crippen LogP contribution in [0.4, 0.5) is 4.79 Å². The van der Waals surface area contributed by atoms with Gasteiger partial charge in [-0.1, -0.05) is 54.6 Å². The number of hydrogen-bond donors (Lipinski definition) is 2. The summed E-state index contributed by atoms with van der Waals surface area (Å²) in [4.78, 5) is 42.1. The summed E-state index contributed by atoms with van der Waals surface area (Å²) in [7, 11) is 3.42. The largest absolute Gasteiger partial charge is 0.465 e. The first kappa shape index (κ1) is 27.9. The number of thiophene rings is 1. The zero-order valence-corrected chi connectivity index (χ0v) is 22.6. The zero-order chi connectivity index (χ0) is 27.0. The van der Waals surface area contributed by atoms with Crippen LogP contribution in [0.1, 0.15) is 30.7 Å². The quantitative estimate of drug-likeness (QED) is 0.349. The standard InChI is InChI=1S/C29H35N3O4S/c1-29(2,30-28(35)36)16-7-12-26(33)32(4)25(27(34)31(3)17-15-24-11-8-18-37-24)20-21-13-14-22-9-5-6-10-23(22)19-21/h5-14,18-19,25,30H,15-17,20H2,1-4H3,(H,35,36)/b12-7+/t25-/m1/s1. The van der Waals surface area contributed by atoms with Crippen molar-refractivity contribution in [3.05, 3.63) is 82.6 Å². The molecular weight excluding hydrogens is 486 g/mol. The van der Waals surface area contributed by atoms with E-state index in [0.717, 1.165) is 22.8 Å². The lowest BCUT2D eigenvalue weighted by Gasteiger charge is -2.30. The molecule has 0 radical (unpaired) electrons. The van der Waals surface area contributed by atoms with Gasteiger partial charge in [-0.3, -0.25) is 9.59 Å². The predicted octanol–water partition coefficient (Wildman–Crippen LogP) is 4.96. The molecule has 0 aliphatic carbocycles. The number of carbonyl (C=O) groups excluding carboxylic acids is 2. The highest BCUT2D eigenvalue weighted by Crippen LogP contribution is 2.19. The third kappa shape index (κ3) is 8.18. The molecule has 3 amide bonds. The molecule has 2 N–H and O–H groups in total. The minimum absolute atomic E-state index is 0.123. The molecule has 0 spiro atoms. The van der Waals surface area contributed by atoms with Crippen LogP contribution in [0.15, 0.2) is 72.1 Å². The molecule has 1 heterocycles. The molecular formula is C29H35N3O4S. The zero-order valence-electron chi connectivity index (χ0n) is 21.8. The van der Waals surface area contributed by atoms with E-state index in [-0.39, 0.29) is 11.8 Å². The number of likely N-dealkylation sites (N-methyl/N-ethyl adjacent to an activating group) is 2. The van der Waals surface area contributed by atoms with Gasteiger partial charge < -0.3 is 20.2 Å². The Morgan fingerprint density at radius 3 is 2.46 bits per heavy atom. The summed E-state index contributed by atoms with van der Waals surface area (Å²) in [5.74, 6) is -0.432. The van der Waals surface area contributed by atoms with Crippen LogP contribution in [0.2, 0.25) is 0 Å². The number of hydrogen-bond acceptors (Lipinski definition) is 4.